The van der Waals surface area contributed by atoms with E-state index in [4.69, 9.17) is 4.42 Å². The van der Waals surface area contributed by atoms with Gasteiger partial charge in [0, 0.05) is 31.3 Å². The van der Waals surface area contributed by atoms with E-state index >= 15 is 0 Å². The van der Waals surface area contributed by atoms with E-state index in [9.17, 15) is 18.4 Å². The van der Waals surface area contributed by atoms with Crippen LogP contribution < -0.4 is 0 Å². The lowest BCUT2D eigenvalue weighted by Gasteiger charge is -2.28. The number of hydrogen-bond donors (Lipinski definition) is 0. The monoisotopic (exact) mass is 394 g/mol. The highest BCUT2D eigenvalue weighted by atomic mass is 32.2. The topological polar surface area (TPSA) is 53.8 Å². The molecule has 0 aliphatic carbocycles. The quantitative estimate of drug-likeness (QED) is 0.750. The van der Waals surface area contributed by atoms with Crippen molar-refractivity contribution in [1.29, 1.82) is 0 Å². The third-order valence-corrected chi connectivity index (χ3v) is 5.86. The Labute approximate surface area is 160 Å². The van der Waals surface area contributed by atoms with Crippen LogP contribution in [-0.2, 0) is 4.79 Å². The number of halogens is 2. The van der Waals surface area contributed by atoms with Gasteiger partial charge in [0.1, 0.15) is 17.0 Å². The SMILES string of the molecule is CCN(CCN1C(=O)[C@@H](C)S[C@@H]1c1ccc(F)cc1F)C(=O)c1ccco1. The van der Waals surface area contributed by atoms with Crippen LogP contribution in [0.25, 0.3) is 0 Å². The van der Waals surface area contributed by atoms with Gasteiger partial charge in [-0.1, -0.05) is 6.07 Å². The molecule has 0 saturated carbocycles. The molecule has 1 saturated heterocycles. The van der Waals surface area contributed by atoms with Crippen LogP contribution in [-0.4, -0.2) is 46.5 Å². The first-order valence-electron chi connectivity index (χ1n) is 8.66. The molecule has 27 heavy (non-hydrogen) atoms. The van der Waals surface area contributed by atoms with E-state index in [1.165, 1.54) is 30.2 Å². The molecule has 1 aromatic heterocycles. The molecule has 0 spiro atoms. The lowest BCUT2D eigenvalue weighted by molar-refractivity contribution is -0.130. The molecule has 0 bridgehead atoms. The van der Waals surface area contributed by atoms with Gasteiger partial charge >= 0.3 is 0 Å². The van der Waals surface area contributed by atoms with E-state index in [2.05, 4.69) is 0 Å². The van der Waals surface area contributed by atoms with E-state index in [0.29, 0.717) is 6.54 Å². The summed E-state index contributed by atoms with van der Waals surface area (Å²) in [5, 5.41) is -0.888. The number of amides is 2. The Bertz CT molecular complexity index is 828. The van der Waals surface area contributed by atoms with Crippen molar-refractivity contribution in [3.8, 4) is 0 Å². The van der Waals surface area contributed by atoms with E-state index in [1.807, 2.05) is 6.92 Å². The summed E-state index contributed by atoms with van der Waals surface area (Å²) in [6.07, 6.45) is 1.43. The van der Waals surface area contributed by atoms with Crippen LogP contribution in [0.5, 0.6) is 0 Å². The molecule has 3 rings (SSSR count). The molecule has 0 N–H and O–H groups in total. The van der Waals surface area contributed by atoms with Gasteiger partial charge in [0.25, 0.3) is 5.91 Å². The highest BCUT2D eigenvalue weighted by Crippen LogP contribution is 2.43. The molecule has 8 heteroatoms. The molecular weight excluding hydrogens is 374 g/mol. The molecule has 2 aromatic rings. The molecule has 1 aliphatic heterocycles. The van der Waals surface area contributed by atoms with Crippen LogP contribution in [0, 0.1) is 11.6 Å². The fourth-order valence-corrected chi connectivity index (χ4v) is 4.36. The maximum absolute atomic E-state index is 14.2. The first kappa shape index (κ1) is 19.4. The molecule has 0 unspecified atom stereocenters. The average Bonchev–Trinajstić information content (AvgIpc) is 3.26. The van der Waals surface area contributed by atoms with Gasteiger partial charge in [-0.2, -0.15) is 0 Å². The number of hydrogen-bond acceptors (Lipinski definition) is 4. The zero-order chi connectivity index (χ0) is 19.6. The normalized spacial score (nSPS) is 19.6. The van der Waals surface area contributed by atoms with E-state index in [-0.39, 0.29) is 41.5 Å². The second-order valence-electron chi connectivity index (χ2n) is 6.19. The number of benzene rings is 1. The molecule has 5 nitrogen and oxygen atoms in total. The van der Waals surface area contributed by atoms with Gasteiger partial charge in [0.2, 0.25) is 5.91 Å². The minimum Gasteiger partial charge on any atom is -0.459 e. The fraction of sp³-hybridized carbons (Fsp3) is 0.368. The predicted molar refractivity (Wildman–Crippen MR) is 98.2 cm³/mol. The third kappa shape index (κ3) is 4.00. The summed E-state index contributed by atoms with van der Waals surface area (Å²) in [5.74, 6) is -1.51. The minimum absolute atomic E-state index is 0.129. The van der Waals surface area contributed by atoms with Gasteiger partial charge in [-0.15, -0.1) is 11.8 Å². The van der Waals surface area contributed by atoms with Gasteiger partial charge in [-0.05, 0) is 32.0 Å². The number of likely N-dealkylation sites (N-methyl/N-ethyl adjacent to an activating group) is 1. The Morgan fingerprint density at radius 2 is 2.11 bits per heavy atom. The zero-order valence-electron chi connectivity index (χ0n) is 15.0. The second kappa shape index (κ2) is 8.12. The number of carbonyl (C=O) groups excluding carboxylic acids is 2. The molecule has 2 atom stereocenters. The van der Waals surface area contributed by atoms with Crippen molar-refractivity contribution < 1.29 is 22.8 Å². The van der Waals surface area contributed by atoms with Crippen LogP contribution in [0.3, 0.4) is 0 Å². The summed E-state index contributed by atoms with van der Waals surface area (Å²) < 4.78 is 32.6. The number of carbonyl (C=O) groups is 2. The molecule has 144 valence electrons. The van der Waals surface area contributed by atoms with E-state index < -0.39 is 17.0 Å². The van der Waals surface area contributed by atoms with Crippen molar-refractivity contribution >= 4 is 23.6 Å². The number of rotatable bonds is 6. The molecule has 1 fully saturated rings. The Morgan fingerprint density at radius 3 is 2.74 bits per heavy atom. The summed E-state index contributed by atoms with van der Waals surface area (Å²) in [6.45, 7) is 4.57. The van der Waals surface area contributed by atoms with Gasteiger partial charge in [-0.25, -0.2) is 8.78 Å². The summed E-state index contributed by atoms with van der Waals surface area (Å²) in [4.78, 5) is 28.1. The van der Waals surface area contributed by atoms with Gasteiger partial charge in [-0.3, -0.25) is 9.59 Å². The minimum atomic E-state index is -0.682. The van der Waals surface area contributed by atoms with Crippen molar-refractivity contribution in [2.24, 2.45) is 0 Å². The number of nitrogens with zero attached hydrogens (tertiary/aromatic N) is 2. The van der Waals surface area contributed by atoms with Gasteiger partial charge < -0.3 is 14.2 Å². The molecule has 0 radical (unpaired) electrons. The summed E-state index contributed by atoms with van der Waals surface area (Å²) >= 11 is 1.31. The Balaban J connectivity index is 1.76. The number of furan rings is 1. The smallest absolute Gasteiger partial charge is 0.289 e. The largest absolute Gasteiger partial charge is 0.459 e. The van der Waals surface area contributed by atoms with Gasteiger partial charge in [0.05, 0.1) is 11.5 Å². The van der Waals surface area contributed by atoms with Crippen LogP contribution in [0.15, 0.2) is 41.0 Å². The van der Waals surface area contributed by atoms with Crippen molar-refractivity contribution in [2.45, 2.75) is 24.5 Å². The van der Waals surface area contributed by atoms with Crippen LogP contribution in [0.1, 0.15) is 35.3 Å². The first-order chi connectivity index (χ1) is 12.9. The Kier molecular flexibility index (Phi) is 5.84. The third-order valence-electron chi connectivity index (χ3n) is 4.49. The summed E-state index contributed by atoms with van der Waals surface area (Å²) in [6, 6.07) is 6.59. The van der Waals surface area contributed by atoms with Crippen LogP contribution >= 0.6 is 11.8 Å². The first-order valence-corrected chi connectivity index (χ1v) is 9.60. The maximum Gasteiger partial charge on any atom is 0.289 e. The fourth-order valence-electron chi connectivity index (χ4n) is 3.03. The Hall–Kier alpha value is -2.35. The summed E-state index contributed by atoms with van der Waals surface area (Å²) in [7, 11) is 0. The van der Waals surface area contributed by atoms with Gasteiger partial charge in [0.15, 0.2) is 5.76 Å². The highest BCUT2D eigenvalue weighted by Gasteiger charge is 2.39. The Morgan fingerprint density at radius 1 is 1.33 bits per heavy atom. The molecule has 1 aliphatic rings. The van der Waals surface area contributed by atoms with E-state index in [1.54, 1.807) is 28.9 Å². The summed E-state index contributed by atoms with van der Waals surface area (Å²) in [5.41, 5.74) is 0.263. The zero-order valence-corrected chi connectivity index (χ0v) is 15.8. The van der Waals surface area contributed by atoms with Crippen molar-refractivity contribution in [2.75, 3.05) is 19.6 Å². The standard InChI is InChI=1S/C19H20F2N2O3S/c1-3-22(18(25)16-5-4-10-26-16)8-9-23-17(24)12(2)27-19(23)14-7-6-13(20)11-15(14)21/h4-7,10-12,19H,3,8-9H2,1-2H3/t12-,19-/m1/s1. The molecular formula is C19H20F2N2O3S. The maximum atomic E-state index is 14.2. The lowest BCUT2D eigenvalue weighted by Crippen LogP contribution is -2.40. The van der Waals surface area contributed by atoms with Crippen molar-refractivity contribution in [3.05, 3.63) is 59.6 Å². The molecule has 2 amide bonds. The predicted octanol–water partition coefficient (Wildman–Crippen LogP) is 3.68. The second-order valence-corrected chi connectivity index (χ2v) is 7.62. The average molecular weight is 394 g/mol. The van der Waals surface area contributed by atoms with E-state index in [0.717, 1.165) is 6.07 Å². The van der Waals surface area contributed by atoms with Crippen LogP contribution in [0.2, 0.25) is 0 Å². The number of thioether (sulfide) groups is 1. The molecule has 1 aromatic carbocycles. The molecule has 2 heterocycles. The van der Waals surface area contributed by atoms with Crippen molar-refractivity contribution in [1.82, 2.24) is 9.80 Å². The highest BCUT2D eigenvalue weighted by molar-refractivity contribution is 8.01. The van der Waals surface area contributed by atoms with Crippen molar-refractivity contribution in [3.63, 3.8) is 0 Å². The lowest BCUT2D eigenvalue weighted by atomic mass is 10.2. The van der Waals surface area contributed by atoms with Crippen LogP contribution in [0.4, 0.5) is 8.78 Å².